The number of H-pyrrole nitrogens is 1. The number of aromatic nitrogens is 5. The average molecular weight is 478 g/mol. The van der Waals surface area contributed by atoms with Crippen molar-refractivity contribution in [2.75, 3.05) is 14.2 Å². The lowest BCUT2D eigenvalue weighted by molar-refractivity contribution is 0.412. The third kappa shape index (κ3) is 3.77. The molecule has 33 heavy (non-hydrogen) atoms. The lowest BCUT2D eigenvalue weighted by Crippen LogP contribution is -2.16. The molecule has 5 aromatic rings. The summed E-state index contributed by atoms with van der Waals surface area (Å²) in [6, 6.07) is 16.6. The summed E-state index contributed by atoms with van der Waals surface area (Å²) >= 11 is 6.35. The van der Waals surface area contributed by atoms with Crippen LogP contribution < -0.4 is 15.0 Å². The minimum absolute atomic E-state index is 0.265. The van der Waals surface area contributed by atoms with Crippen molar-refractivity contribution in [1.82, 2.24) is 24.7 Å². The van der Waals surface area contributed by atoms with Gasteiger partial charge in [-0.1, -0.05) is 18.2 Å². The summed E-state index contributed by atoms with van der Waals surface area (Å²) in [5.74, 6) is 2.76. The molecule has 0 saturated heterocycles. The number of thiol groups is 1. The van der Waals surface area contributed by atoms with E-state index in [9.17, 15) is 4.79 Å². The topological polar surface area (TPSA) is 94.9 Å². The highest BCUT2D eigenvalue weighted by molar-refractivity contribution is 7.80. The summed E-state index contributed by atoms with van der Waals surface area (Å²) in [6.07, 6.45) is 0. The Morgan fingerprint density at radius 2 is 1.91 bits per heavy atom. The van der Waals surface area contributed by atoms with Gasteiger partial charge in [0.05, 0.1) is 35.7 Å². The smallest absolute Gasteiger partial charge is 0.258 e. The maximum Gasteiger partial charge on any atom is 0.258 e. The van der Waals surface area contributed by atoms with Gasteiger partial charge in [-0.15, -0.1) is 21.5 Å². The van der Waals surface area contributed by atoms with Crippen LogP contribution in [0.15, 0.2) is 64.8 Å². The third-order valence-electron chi connectivity index (χ3n) is 5.19. The lowest BCUT2D eigenvalue weighted by atomic mass is 10.2. The molecular weight excluding hydrogens is 458 g/mol. The van der Waals surface area contributed by atoms with Crippen molar-refractivity contribution in [1.29, 1.82) is 0 Å². The van der Waals surface area contributed by atoms with E-state index in [1.165, 1.54) is 0 Å². The second-order valence-electron chi connectivity index (χ2n) is 7.10. The molecule has 2 aromatic carbocycles. The van der Waals surface area contributed by atoms with Gasteiger partial charge in [-0.25, -0.2) is 4.98 Å². The minimum Gasteiger partial charge on any atom is -0.497 e. The molecular formula is C23H19N5O3S2. The molecule has 0 spiro atoms. The van der Waals surface area contributed by atoms with Crippen LogP contribution in [-0.2, 0) is 0 Å². The van der Waals surface area contributed by atoms with E-state index in [4.69, 9.17) is 22.1 Å². The number of thiophene rings is 1. The van der Waals surface area contributed by atoms with Crippen molar-refractivity contribution < 1.29 is 9.47 Å². The number of nitrogens with zero attached hydrogens (tertiary/aromatic N) is 4. The Labute approximate surface area is 198 Å². The lowest BCUT2D eigenvalue weighted by Gasteiger charge is -2.16. The first-order valence-electron chi connectivity index (χ1n) is 9.99. The summed E-state index contributed by atoms with van der Waals surface area (Å²) in [6.45, 7) is 0. The minimum atomic E-state index is -0.667. The number of hydrogen-bond donors (Lipinski definition) is 2. The second-order valence-corrected chi connectivity index (χ2v) is 8.57. The Bertz CT molecular complexity index is 1490. The van der Waals surface area contributed by atoms with Crippen LogP contribution >= 0.6 is 24.0 Å². The fourth-order valence-corrected chi connectivity index (χ4v) is 4.59. The number of ether oxygens (including phenoxy) is 2. The van der Waals surface area contributed by atoms with Crippen LogP contribution in [0.25, 0.3) is 27.3 Å². The quantitative estimate of drug-likeness (QED) is 0.355. The van der Waals surface area contributed by atoms with Gasteiger partial charge in [-0.2, -0.15) is 12.6 Å². The SMILES string of the molecule is COc1ccc2c(=O)[nH]c(C(S)c3nnc(-c4cccs4)n3-c3ccccc3OC)nc2c1. The molecule has 0 radical (unpaired) electrons. The highest BCUT2D eigenvalue weighted by Crippen LogP contribution is 2.35. The van der Waals surface area contributed by atoms with Gasteiger partial charge >= 0.3 is 0 Å². The molecule has 3 aromatic heterocycles. The first-order valence-corrected chi connectivity index (χ1v) is 11.4. The number of nitrogens with one attached hydrogen (secondary N) is 1. The van der Waals surface area contributed by atoms with Gasteiger partial charge in [0.2, 0.25) is 0 Å². The van der Waals surface area contributed by atoms with Crippen molar-refractivity contribution in [2.24, 2.45) is 0 Å². The molecule has 1 N–H and O–H groups in total. The maximum absolute atomic E-state index is 12.8. The fraction of sp³-hybridized carbons (Fsp3) is 0.130. The van der Waals surface area contributed by atoms with Crippen molar-refractivity contribution >= 4 is 34.9 Å². The summed E-state index contributed by atoms with van der Waals surface area (Å²) < 4.78 is 12.8. The van der Waals surface area contributed by atoms with Gasteiger partial charge in [0.25, 0.3) is 5.56 Å². The van der Waals surface area contributed by atoms with Crippen LogP contribution in [0, 0.1) is 0 Å². The molecule has 0 fully saturated rings. The molecule has 0 aliphatic heterocycles. The number of benzene rings is 2. The van der Waals surface area contributed by atoms with Crippen LogP contribution in [0.2, 0.25) is 0 Å². The number of para-hydroxylation sites is 2. The Kier molecular flexibility index (Phi) is 5.61. The molecule has 0 amide bonds. The van der Waals surface area contributed by atoms with E-state index in [1.807, 2.05) is 46.3 Å². The first kappa shape index (κ1) is 21.2. The van der Waals surface area contributed by atoms with Gasteiger partial charge in [-0.3, -0.25) is 9.36 Å². The van der Waals surface area contributed by atoms with Crippen molar-refractivity contribution in [3.05, 3.63) is 82.0 Å². The van der Waals surface area contributed by atoms with Crippen LogP contribution in [0.3, 0.4) is 0 Å². The largest absolute Gasteiger partial charge is 0.497 e. The molecule has 1 atom stereocenters. The van der Waals surface area contributed by atoms with E-state index in [-0.39, 0.29) is 5.56 Å². The van der Waals surface area contributed by atoms with E-state index >= 15 is 0 Å². The predicted octanol–water partition coefficient (Wildman–Crippen LogP) is 4.27. The van der Waals surface area contributed by atoms with Gasteiger partial charge in [0.15, 0.2) is 11.6 Å². The molecule has 0 aliphatic rings. The first-order chi connectivity index (χ1) is 16.1. The third-order valence-corrected chi connectivity index (χ3v) is 6.53. The Morgan fingerprint density at radius 1 is 1.06 bits per heavy atom. The van der Waals surface area contributed by atoms with Crippen molar-refractivity contribution in [3.63, 3.8) is 0 Å². The highest BCUT2D eigenvalue weighted by atomic mass is 32.1. The molecule has 1 unspecified atom stereocenters. The molecule has 0 bridgehead atoms. The van der Waals surface area contributed by atoms with Crippen LogP contribution in [0.1, 0.15) is 16.9 Å². The standard InChI is InChI=1S/C23H19N5O3S2/c1-30-13-9-10-14-15(12-13)24-20(25-23(14)29)19(32)22-27-26-21(18-8-5-11-33-18)28(22)16-6-3-4-7-17(16)31-2/h3-12,19,32H,1-2H3,(H,24,25,29). The number of fused-ring (bicyclic) bond motifs is 1. The number of aromatic amines is 1. The average Bonchev–Trinajstić information content (AvgIpc) is 3.53. The molecule has 0 saturated carbocycles. The molecule has 3 heterocycles. The van der Waals surface area contributed by atoms with E-state index in [1.54, 1.807) is 43.8 Å². The van der Waals surface area contributed by atoms with E-state index < -0.39 is 5.25 Å². The summed E-state index contributed by atoms with van der Waals surface area (Å²) in [5, 5.41) is 10.7. The molecule has 10 heteroatoms. The zero-order chi connectivity index (χ0) is 22.9. The normalized spacial score (nSPS) is 12.1. The monoisotopic (exact) mass is 477 g/mol. The van der Waals surface area contributed by atoms with E-state index in [0.29, 0.717) is 39.9 Å². The van der Waals surface area contributed by atoms with Crippen LogP contribution in [0.5, 0.6) is 11.5 Å². The fourth-order valence-electron chi connectivity index (χ4n) is 3.61. The van der Waals surface area contributed by atoms with Gasteiger partial charge in [-0.05, 0) is 35.7 Å². The van der Waals surface area contributed by atoms with E-state index in [0.717, 1.165) is 10.6 Å². The Hall–Kier alpha value is -3.63. The predicted molar refractivity (Wildman–Crippen MR) is 131 cm³/mol. The van der Waals surface area contributed by atoms with Gasteiger partial charge in [0, 0.05) is 6.07 Å². The molecule has 0 aliphatic carbocycles. The maximum atomic E-state index is 12.8. The van der Waals surface area contributed by atoms with E-state index in [2.05, 4.69) is 20.2 Å². The highest BCUT2D eigenvalue weighted by Gasteiger charge is 2.26. The molecule has 166 valence electrons. The summed E-state index contributed by atoms with van der Waals surface area (Å²) in [4.78, 5) is 21.2. The zero-order valence-corrected chi connectivity index (χ0v) is 19.4. The number of hydrogen-bond acceptors (Lipinski definition) is 8. The molecule has 5 rings (SSSR count). The summed E-state index contributed by atoms with van der Waals surface area (Å²) in [5.41, 5.74) is 1.000. The second kappa shape index (κ2) is 8.72. The Balaban J connectivity index is 1.71. The number of rotatable bonds is 6. The van der Waals surface area contributed by atoms with Gasteiger partial charge in [0.1, 0.15) is 22.6 Å². The van der Waals surface area contributed by atoms with Crippen molar-refractivity contribution in [3.8, 4) is 27.9 Å². The summed E-state index contributed by atoms with van der Waals surface area (Å²) in [7, 11) is 3.18. The number of methoxy groups -OCH3 is 2. The van der Waals surface area contributed by atoms with Crippen LogP contribution in [-0.4, -0.2) is 39.0 Å². The Morgan fingerprint density at radius 3 is 2.67 bits per heavy atom. The zero-order valence-electron chi connectivity index (χ0n) is 17.7. The van der Waals surface area contributed by atoms with Crippen molar-refractivity contribution in [2.45, 2.75) is 5.25 Å². The van der Waals surface area contributed by atoms with Gasteiger partial charge < -0.3 is 14.5 Å². The van der Waals surface area contributed by atoms with Crippen LogP contribution in [0.4, 0.5) is 0 Å². The molecule has 8 nitrogen and oxygen atoms in total.